The van der Waals surface area contributed by atoms with Crippen LogP contribution in [0.3, 0.4) is 0 Å². The summed E-state index contributed by atoms with van der Waals surface area (Å²) in [4.78, 5) is 45.3. The molecule has 0 bridgehead atoms. The van der Waals surface area contributed by atoms with E-state index in [9.17, 15) is 9.59 Å². The molecule has 2 aromatic carbocycles. The molecule has 13 nitrogen and oxygen atoms in total. The van der Waals surface area contributed by atoms with Gasteiger partial charge < -0.3 is 30.3 Å². The molecule has 1 saturated heterocycles. The van der Waals surface area contributed by atoms with Crippen LogP contribution in [-0.4, -0.2) is 86.3 Å². The van der Waals surface area contributed by atoms with Crippen molar-refractivity contribution in [1.82, 2.24) is 34.2 Å². The number of hydrogen-bond acceptors (Lipinski definition) is 9. The third-order valence-electron chi connectivity index (χ3n) is 9.80. The molecule has 0 unspecified atom stereocenters. The lowest BCUT2D eigenvalue weighted by Crippen LogP contribution is -2.46. The number of hydrogen-bond donors (Lipinski definition) is 2. The van der Waals surface area contributed by atoms with Crippen LogP contribution in [0.2, 0.25) is 0 Å². The average Bonchev–Trinajstić information content (AvgIpc) is 3.90. The van der Waals surface area contributed by atoms with Crippen molar-refractivity contribution in [2.45, 2.75) is 31.7 Å². The molecule has 6 aromatic rings. The van der Waals surface area contributed by atoms with Crippen molar-refractivity contribution >= 4 is 56.9 Å². The van der Waals surface area contributed by atoms with Crippen LogP contribution in [-0.2, 0) is 0 Å². The van der Waals surface area contributed by atoms with Gasteiger partial charge in [-0.2, -0.15) is 10.1 Å². The first kappa shape index (κ1) is 31.3. The molecule has 4 aromatic heterocycles. The number of primary amides is 1. The van der Waals surface area contributed by atoms with E-state index < -0.39 is 5.91 Å². The molecule has 1 aliphatic heterocycles. The lowest BCUT2D eigenvalue weighted by atomic mass is 10.1. The fraction of sp³-hybridized carbons (Fsp3) is 0.297. The van der Waals surface area contributed by atoms with Gasteiger partial charge in [0.1, 0.15) is 22.7 Å². The van der Waals surface area contributed by atoms with Crippen LogP contribution in [0.5, 0.6) is 0 Å². The molecule has 254 valence electrons. The highest BCUT2D eigenvalue weighted by atomic mass is 16.2. The van der Waals surface area contributed by atoms with Crippen molar-refractivity contribution in [3.8, 4) is 5.69 Å². The minimum Gasteiger partial charge on any atom is -0.368 e. The topological polar surface area (TPSA) is 143 Å². The smallest absolute Gasteiger partial charge is 0.270 e. The van der Waals surface area contributed by atoms with Gasteiger partial charge in [0.25, 0.3) is 11.8 Å². The highest BCUT2D eigenvalue weighted by Crippen LogP contribution is 2.35. The van der Waals surface area contributed by atoms with E-state index >= 15 is 0 Å². The first-order valence-corrected chi connectivity index (χ1v) is 17.0. The van der Waals surface area contributed by atoms with Gasteiger partial charge >= 0.3 is 0 Å². The first-order valence-electron chi connectivity index (χ1n) is 17.0. The fourth-order valence-electron chi connectivity index (χ4n) is 7.17. The third kappa shape index (κ3) is 5.84. The quantitative estimate of drug-likeness (QED) is 0.225. The van der Waals surface area contributed by atoms with Crippen molar-refractivity contribution in [2.24, 2.45) is 5.73 Å². The molecule has 8 rings (SSSR count). The summed E-state index contributed by atoms with van der Waals surface area (Å²) >= 11 is 0. The van der Waals surface area contributed by atoms with Gasteiger partial charge in [0.2, 0.25) is 5.95 Å². The lowest BCUT2D eigenvalue weighted by molar-refractivity contribution is 0.0815. The molecule has 2 aliphatic rings. The summed E-state index contributed by atoms with van der Waals surface area (Å²) < 4.78 is 3.90. The summed E-state index contributed by atoms with van der Waals surface area (Å²) in [5.41, 5.74) is 11.1. The summed E-state index contributed by atoms with van der Waals surface area (Å²) in [6.45, 7) is 3.48. The molecule has 50 heavy (non-hydrogen) atoms. The molecule has 0 atom stereocenters. The number of rotatable bonds is 8. The highest BCUT2D eigenvalue weighted by Gasteiger charge is 2.27. The van der Waals surface area contributed by atoms with Crippen molar-refractivity contribution in [2.75, 3.05) is 55.4 Å². The maximum absolute atomic E-state index is 13.0. The van der Waals surface area contributed by atoms with Crippen LogP contribution >= 0.6 is 0 Å². The summed E-state index contributed by atoms with van der Waals surface area (Å²) in [6.07, 6.45) is 9.97. The van der Waals surface area contributed by atoms with Crippen LogP contribution in [0, 0.1) is 0 Å². The van der Waals surface area contributed by atoms with Crippen LogP contribution in [0.4, 0.5) is 23.1 Å². The number of aromatic nitrogens is 6. The first-order chi connectivity index (χ1) is 24.3. The molecular formula is C37H39N11O2. The van der Waals surface area contributed by atoms with Gasteiger partial charge in [0.15, 0.2) is 0 Å². The largest absolute Gasteiger partial charge is 0.368 e. The van der Waals surface area contributed by atoms with E-state index in [2.05, 4.69) is 52.9 Å². The number of pyridine rings is 1. The van der Waals surface area contributed by atoms with Gasteiger partial charge in [-0.3, -0.25) is 9.59 Å². The number of fused-ring (bicyclic) bond motifs is 2. The van der Waals surface area contributed by atoms with Crippen molar-refractivity contribution < 1.29 is 9.59 Å². The Balaban J connectivity index is 0.916. The zero-order valence-electron chi connectivity index (χ0n) is 28.2. The second kappa shape index (κ2) is 12.8. The summed E-state index contributed by atoms with van der Waals surface area (Å²) in [6, 6.07) is 19.9. The second-order valence-electron chi connectivity index (χ2n) is 13.2. The predicted octanol–water partition coefficient (Wildman–Crippen LogP) is 5.15. The monoisotopic (exact) mass is 669 g/mol. The summed E-state index contributed by atoms with van der Waals surface area (Å²) in [5, 5.41) is 9.62. The Kier molecular flexibility index (Phi) is 8.02. The molecule has 0 radical (unpaired) electrons. The van der Waals surface area contributed by atoms with Crippen LogP contribution < -0.4 is 20.9 Å². The Morgan fingerprint density at radius 1 is 0.840 bits per heavy atom. The minimum absolute atomic E-state index is 0.0258. The Hall–Kier alpha value is -5.98. The number of nitrogens with zero attached hydrogens (tertiary/aromatic N) is 9. The Morgan fingerprint density at radius 2 is 1.54 bits per heavy atom. The minimum atomic E-state index is -0.485. The van der Waals surface area contributed by atoms with Gasteiger partial charge in [-0.25, -0.2) is 14.6 Å². The van der Waals surface area contributed by atoms with E-state index in [1.807, 2.05) is 48.8 Å². The van der Waals surface area contributed by atoms with Crippen molar-refractivity contribution in [3.63, 3.8) is 0 Å². The van der Waals surface area contributed by atoms with E-state index in [1.54, 1.807) is 35.9 Å². The van der Waals surface area contributed by atoms with Gasteiger partial charge in [-0.05, 0) is 61.4 Å². The molecule has 13 heteroatoms. The predicted molar refractivity (Wildman–Crippen MR) is 195 cm³/mol. The van der Waals surface area contributed by atoms with Gasteiger partial charge in [0, 0.05) is 75.2 Å². The van der Waals surface area contributed by atoms with E-state index in [-0.39, 0.29) is 11.9 Å². The molecule has 5 heterocycles. The number of carbonyl (C=O) groups is 2. The number of benzene rings is 2. The number of amides is 2. The van der Waals surface area contributed by atoms with E-state index in [0.29, 0.717) is 28.5 Å². The lowest BCUT2D eigenvalue weighted by Gasteiger charge is -2.37. The number of nitrogens with two attached hydrogens (primary N) is 1. The third-order valence-corrected chi connectivity index (χ3v) is 9.80. The van der Waals surface area contributed by atoms with E-state index in [0.717, 1.165) is 85.3 Å². The molecular weight excluding hydrogens is 630 g/mol. The number of nitrogens with one attached hydrogen (secondary N) is 1. The molecule has 0 spiro atoms. The molecule has 3 N–H and O–H groups in total. The van der Waals surface area contributed by atoms with Gasteiger partial charge in [0.05, 0.1) is 23.1 Å². The Bertz CT molecular complexity index is 2190. The summed E-state index contributed by atoms with van der Waals surface area (Å²) in [7, 11) is 3.56. The molecule has 1 saturated carbocycles. The zero-order valence-corrected chi connectivity index (χ0v) is 28.2. The normalized spacial score (nSPS) is 15.2. The van der Waals surface area contributed by atoms with Crippen LogP contribution in [0.1, 0.15) is 52.6 Å². The van der Waals surface area contributed by atoms with Crippen LogP contribution in [0.15, 0.2) is 79.3 Å². The fourth-order valence-corrected chi connectivity index (χ4v) is 7.17. The van der Waals surface area contributed by atoms with E-state index in [1.165, 1.54) is 0 Å². The maximum atomic E-state index is 13.0. The average molecular weight is 670 g/mol. The number of carbonyl (C=O) groups excluding carboxylic acids is 2. The zero-order chi connectivity index (χ0) is 34.4. The maximum Gasteiger partial charge on any atom is 0.270 e. The molecule has 1 aliphatic carbocycles. The SMILES string of the molecule is CN(C)C(=O)c1cc2cnc(Nc3ccc(N4CCN(c5ccc(-n6cc7cccc(C(N)=O)c7n6)cc5)CC4)cn3)nc2n1C1CCCC1. The van der Waals surface area contributed by atoms with Crippen molar-refractivity contribution in [1.29, 1.82) is 0 Å². The number of anilines is 4. The van der Waals surface area contributed by atoms with Gasteiger partial charge in [-0.15, -0.1) is 0 Å². The van der Waals surface area contributed by atoms with Gasteiger partial charge in [-0.1, -0.05) is 25.0 Å². The Morgan fingerprint density at radius 3 is 2.22 bits per heavy atom. The standard InChI is InChI=1S/C37H39N11O2/c1-44(2)36(50)31-20-25-21-40-37(42-35(25)48(31)28-7-3-4-8-28)41-32-15-14-29(22-39-32)46-18-16-45(17-19-46)26-10-12-27(13-11-26)47-23-24-6-5-9-30(34(38)49)33(24)43-47/h5-6,9-15,20-23,28H,3-4,7-8,16-19H2,1-2H3,(H2,38,49)(H,39,40,41,42). The van der Waals surface area contributed by atoms with E-state index in [4.69, 9.17) is 10.7 Å². The van der Waals surface area contributed by atoms with Crippen LogP contribution in [0.25, 0.3) is 27.6 Å². The highest BCUT2D eigenvalue weighted by molar-refractivity contribution is 6.04. The Labute approximate surface area is 289 Å². The number of piperazine rings is 1. The summed E-state index contributed by atoms with van der Waals surface area (Å²) in [5.74, 6) is 0.602. The molecule has 2 fully saturated rings. The second-order valence-corrected chi connectivity index (χ2v) is 13.2. The molecule has 2 amide bonds. The van der Waals surface area contributed by atoms with Crippen molar-refractivity contribution in [3.05, 3.63) is 90.5 Å².